The lowest BCUT2D eigenvalue weighted by Crippen LogP contribution is -2.45. The van der Waals surface area contributed by atoms with Crippen LogP contribution in [0.3, 0.4) is 0 Å². The molecule has 0 rings (SSSR count). The molecule has 1 amide bonds. The van der Waals surface area contributed by atoms with Gasteiger partial charge in [-0.05, 0) is 57.8 Å². The van der Waals surface area contributed by atoms with Crippen LogP contribution in [0.4, 0.5) is 0 Å². The predicted octanol–water partition coefficient (Wildman–Crippen LogP) is 15.5. The molecule has 0 fully saturated rings. The molecule has 6 heteroatoms. The van der Waals surface area contributed by atoms with E-state index in [0.29, 0.717) is 19.4 Å². The smallest absolute Gasteiger partial charge is 0.305 e. The van der Waals surface area contributed by atoms with Gasteiger partial charge in [0.05, 0.1) is 25.4 Å². The maximum atomic E-state index is 12.4. The summed E-state index contributed by atoms with van der Waals surface area (Å²) in [6, 6.07) is -0.630. The second-order valence-corrected chi connectivity index (χ2v) is 17.9. The number of hydrogen-bond donors (Lipinski definition) is 3. The third-order valence-corrected chi connectivity index (χ3v) is 12.0. The van der Waals surface area contributed by atoms with E-state index in [1.54, 1.807) is 6.08 Å². The molecule has 0 aliphatic heterocycles. The summed E-state index contributed by atoms with van der Waals surface area (Å²) in [5.74, 6) is -0.0794. The third kappa shape index (κ3) is 45.7. The predicted molar refractivity (Wildman–Crippen MR) is 255 cm³/mol. The van der Waals surface area contributed by atoms with E-state index in [9.17, 15) is 19.8 Å². The van der Waals surface area contributed by atoms with Crippen LogP contribution < -0.4 is 5.32 Å². The van der Waals surface area contributed by atoms with Crippen molar-refractivity contribution in [3.05, 3.63) is 24.3 Å². The highest BCUT2D eigenvalue weighted by molar-refractivity contribution is 5.76. The first-order valence-electron chi connectivity index (χ1n) is 26.1. The average molecular weight is 832 g/mol. The van der Waals surface area contributed by atoms with Gasteiger partial charge in [0.15, 0.2) is 0 Å². The molecule has 0 heterocycles. The minimum absolute atomic E-state index is 0.00175. The van der Waals surface area contributed by atoms with Crippen molar-refractivity contribution >= 4 is 11.9 Å². The molecular weight excluding hydrogens is 731 g/mol. The zero-order chi connectivity index (χ0) is 43.0. The van der Waals surface area contributed by atoms with Gasteiger partial charge in [-0.15, -0.1) is 0 Å². The van der Waals surface area contributed by atoms with Crippen LogP contribution >= 0.6 is 0 Å². The minimum atomic E-state index is -0.846. The lowest BCUT2D eigenvalue weighted by atomic mass is 10.0. The van der Waals surface area contributed by atoms with Gasteiger partial charge in [-0.3, -0.25) is 9.59 Å². The Bertz CT molecular complexity index is 920. The zero-order valence-corrected chi connectivity index (χ0v) is 39.5. The Morgan fingerprint density at radius 3 is 1.20 bits per heavy atom. The number of carbonyl (C=O) groups excluding carboxylic acids is 2. The van der Waals surface area contributed by atoms with Crippen molar-refractivity contribution in [3.63, 3.8) is 0 Å². The highest BCUT2D eigenvalue weighted by Gasteiger charge is 2.18. The van der Waals surface area contributed by atoms with E-state index in [-0.39, 0.29) is 18.5 Å². The Morgan fingerprint density at radius 1 is 0.458 bits per heavy atom. The van der Waals surface area contributed by atoms with E-state index in [1.165, 1.54) is 205 Å². The Labute approximate surface area is 367 Å². The van der Waals surface area contributed by atoms with Crippen molar-refractivity contribution in [2.24, 2.45) is 0 Å². The van der Waals surface area contributed by atoms with Crippen LogP contribution in [0, 0.1) is 0 Å². The standard InChI is InChI=1S/C53H101NO5/c1-3-5-7-9-11-13-14-15-16-17-21-24-27-31-35-39-43-47-53(58)59-48-44-40-36-32-28-25-22-19-18-20-23-26-30-34-38-42-46-52(57)54-50(49-55)51(56)45-41-37-33-29-12-10-8-6-4-2/h15-16,41,45,50-51,55-56H,3-14,17-40,42-44,46-49H2,1-2H3,(H,54,57)/b16-15-,45-41+. The lowest BCUT2D eigenvalue weighted by molar-refractivity contribution is -0.143. The van der Waals surface area contributed by atoms with Crippen molar-refractivity contribution in [1.29, 1.82) is 0 Å². The van der Waals surface area contributed by atoms with Gasteiger partial charge in [0.2, 0.25) is 5.91 Å². The summed E-state index contributed by atoms with van der Waals surface area (Å²) in [6.07, 6.45) is 57.6. The van der Waals surface area contributed by atoms with Crippen molar-refractivity contribution < 1.29 is 24.5 Å². The monoisotopic (exact) mass is 832 g/mol. The van der Waals surface area contributed by atoms with Gasteiger partial charge in [-0.25, -0.2) is 0 Å². The first-order chi connectivity index (χ1) is 29.0. The third-order valence-electron chi connectivity index (χ3n) is 12.0. The summed E-state index contributed by atoms with van der Waals surface area (Å²) in [4.78, 5) is 24.4. The number of aliphatic hydroxyl groups excluding tert-OH is 2. The Kier molecular flexibility index (Phi) is 47.6. The van der Waals surface area contributed by atoms with Crippen molar-refractivity contribution in [2.75, 3.05) is 13.2 Å². The van der Waals surface area contributed by atoms with Gasteiger partial charge < -0.3 is 20.3 Å². The fourth-order valence-electron chi connectivity index (χ4n) is 7.92. The Balaban J connectivity index is 3.40. The molecule has 0 aromatic carbocycles. The number of aliphatic hydroxyl groups is 2. The highest BCUT2D eigenvalue weighted by atomic mass is 16.5. The summed E-state index contributed by atoms with van der Waals surface area (Å²) in [5, 5.41) is 22.9. The number of allylic oxidation sites excluding steroid dienone is 3. The van der Waals surface area contributed by atoms with E-state index in [0.717, 1.165) is 44.9 Å². The summed E-state index contributed by atoms with van der Waals surface area (Å²) >= 11 is 0. The van der Waals surface area contributed by atoms with Crippen LogP contribution in [0.15, 0.2) is 24.3 Å². The second kappa shape index (κ2) is 49.0. The zero-order valence-electron chi connectivity index (χ0n) is 39.5. The maximum absolute atomic E-state index is 12.4. The number of esters is 1. The van der Waals surface area contributed by atoms with Gasteiger partial charge in [-0.1, -0.05) is 231 Å². The van der Waals surface area contributed by atoms with Gasteiger partial charge in [0, 0.05) is 12.8 Å². The van der Waals surface area contributed by atoms with Crippen LogP contribution in [0.2, 0.25) is 0 Å². The molecule has 0 aliphatic rings. The van der Waals surface area contributed by atoms with Crippen LogP contribution in [0.5, 0.6) is 0 Å². The van der Waals surface area contributed by atoms with E-state index < -0.39 is 12.1 Å². The summed E-state index contributed by atoms with van der Waals surface area (Å²) in [6.45, 7) is 4.85. The number of ether oxygens (including phenoxy) is 1. The molecule has 6 nitrogen and oxygen atoms in total. The molecule has 0 aliphatic carbocycles. The summed E-state index contributed by atoms with van der Waals surface area (Å²) in [5.41, 5.74) is 0. The first-order valence-corrected chi connectivity index (χ1v) is 26.1. The topological polar surface area (TPSA) is 95.9 Å². The van der Waals surface area contributed by atoms with E-state index in [2.05, 4.69) is 31.3 Å². The largest absolute Gasteiger partial charge is 0.466 e. The molecule has 0 bridgehead atoms. The van der Waals surface area contributed by atoms with Crippen LogP contribution in [0.1, 0.15) is 277 Å². The second-order valence-electron chi connectivity index (χ2n) is 17.9. The van der Waals surface area contributed by atoms with Gasteiger partial charge in [0.25, 0.3) is 0 Å². The molecule has 0 saturated heterocycles. The first kappa shape index (κ1) is 57.3. The Morgan fingerprint density at radius 2 is 0.797 bits per heavy atom. The molecule has 0 saturated carbocycles. The molecule has 59 heavy (non-hydrogen) atoms. The number of nitrogens with one attached hydrogen (secondary N) is 1. The number of unbranched alkanes of at least 4 members (excludes halogenated alkanes) is 35. The van der Waals surface area contributed by atoms with Gasteiger partial charge in [-0.2, -0.15) is 0 Å². The molecule has 2 atom stereocenters. The van der Waals surface area contributed by atoms with Crippen molar-refractivity contribution in [1.82, 2.24) is 5.32 Å². The fourth-order valence-corrected chi connectivity index (χ4v) is 7.92. The maximum Gasteiger partial charge on any atom is 0.305 e. The average Bonchev–Trinajstić information content (AvgIpc) is 3.24. The van der Waals surface area contributed by atoms with Crippen LogP contribution in [-0.4, -0.2) is 47.4 Å². The number of carbonyl (C=O) groups is 2. The summed E-state index contributed by atoms with van der Waals surface area (Å²) < 4.78 is 5.47. The molecule has 3 N–H and O–H groups in total. The van der Waals surface area contributed by atoms with Gasteiger partial charge >= 0.3 is 5.97 Å². The lowest BCUT2D eigenvalue weighted by Gasteiger charge is -2.20. The van der Waals surface area contributed by atoms with Crippen molar-refractivity contribution in [2.45, 2.75) is 289 Å². The number of amides is 1. The fraction of sp³-hybridized carbons (Fsp3) is 0.887. The molecule has 0 aromatic heterocycles. The molecule has 0 aromatic rings. The molecule has 348 valence electrons. The van der Waals surface area contributed by atoms with Crippen LogP contribution in [0.25, 0.3) is 0 Å². The highest BCUT2D eigenvalue weighted by Crippen LogP contribution is 2.16. The summed E-state index contributed by atoms with van der Waals surface area (Å²) in [7, 11) is 0. The molecule has 2 unspecified atom stereocenters. The van der Waals surface area contributed by atoms with Crippen molar-refractivity contribution in [3.8, 4) is 0 Å². The molecular formula is C53H101NO5. The minimum Gasteiger partial charge on any atom is -0.466 e. The van der Waals surface area contributed by atoms with Crippen LogP contribution in [-0.2, 0) is 14.3 Å². The number of hydrogen-bond acceptors (Lipinski definition) is 5. The normalized spacial score (nSPS) is 12.8. The van der Waals surface area contributed by atoms with E-state index >= 15 is 0 Å². The number of rotatable bonds is 48. The van der Waals surface area contributed by atoms with Gasteiger partial charge in [0.1, 0.15) is 0 Å². The Hall–Kier alpha value is -1.66. The van der Waals surface area contributed by atoms with E-state index in [4.69, 9.17) is 4.74 Å². The molecule has 0 spiro atoms. The van der Waals surface area contributed by atoms with E-state index in [1.807, 2.05) is 6.08 Å². The quantitative estimate of drug-likeness (QED) is 0.0322. The SMILES string of the molecule is CCCCCCCC/C=C\CCCCCCCCCC(=O)OCCCCCCCCCCCCCCCCCCC(=O)NC(CO)C(O)/C=C/CCCCCCCCC. The molecule has 0 radical (unpaired) electrons.